The van der Waals surface area contributed by atoms with Crippen LogP contribution in [0.5, 0.6) is 0 Å². The third-order valence-electron chi connectivity index (χ3n) is 0. The maximum Gasteiger partial charge on any atom is 1.00 e. The summed E-state index contributed by atoms with van der Waals surface area (Å²) < 4.78 is 0. The zero-order valence-corrected chi connectivity index (χ0v) is 2.64. The molecule has 0 atom stereocenters. The molecule has 0 radical (unpaired) electrons. The summed E-state index contributed by atoms with van der Waals surface area (Å²) in [7, 11) is 0. The topological polar surface area (TPSA) is 40.1 Å². The summed E-state index contributed by atoms with van der Waals surface area (Å²) in [6, 6.07) is 0. The van der Waals surface area contributed by atoms with E-state index >= 15 is 0 Å². The standard InChI is InChI=1S/CH2O2.Cu/c2-1-3;/h1H,(H,2,3);/q;+1/p-1. The molecule has 0 bridgehead atoms. The van der Waals surface area contributed by atoms with Crippen LogP contribution in [0.4, 0.5) is 0 Å². The van der Waals surface area contributed by atoms with Gasteiger partial charge < -0.3 is 9.90 Å². The van der Waals surface area contributed by atoms with Crippen LogP contribution in [-0.4, -0.2) is 6.47 Å². The fraction of sp³-hybridized carbons (Fsp3) is 0. The first-order chi connectivity index (χ1) is 1.41. The molecular weight excluding hydrogens is 108 g/mol. The molecule has 0 aromatic heterocycles. The predicted octanol–water partition coefficient (Wildman–Crippen LogP) is -1.64. The molecule has 0 aliphatic rings. The molecule has 28 valence electrons. The van der Waals surface area contributed by atoms with E-state index in [1.165, 1.54) is 0 Å². The molecule has 0 heterocycles. The molecule has 0 aromatic carbocycles. The molecule has 0 aromatic rings. The fourth-order valence-electron chi connectivity index (χ4n) is 0. The Bertz CT molecular complexity index is 13.5. The summed E-state index contributed by atoms with van der Waals surface area (Å²) in [6.07, 6.45) is 0. The van der Waals surface area contributed by atoms with Gasteiger partial charge in [-0.25, -0.2) is 0 Å². The summed E-state index contributed by atoms with van der Waals surface area (Å²) in [4.78, 5) is 8.25. The Hall–Kier alpha value is -0.0105. The van der Waals surface area contributed by atoms with Crippen molar-refractivity contribution in [3.63, 3.8) is 0 Å². The van der Waals surface area contributed by atoms with E-state index in [1.807, 2.05) is 0 Å². The third kappa shape index (κ3) is 17600. The van der Waals surface area contributed by atoms with Crippen LogP contribution in [0.15, 0.2) is 0 Å². The van der Waals surface area contributed by atoms with Gasteiger partial charge in [-0.15, -0.1) is 0 Å². The van der Waals surface area contributed by atoms with Gasteiger partial charge in [-0.2, -0.15) is 0 Å². The fourth-order valence-corrected chi connectivity index (χ4v) is 0. The van der Waals surface area contributed by atoms with E-state index < -0.39 is 6.47 Å². The average Bonchev–Trinajstić information content (AvgIpc) is 0.918. The van der Waals surface area contributed by atoms with Crippen molar-refractivity contribution in [2.75, 3.05) is 0 Å². The van der Waals surface area contributed by atoms with E-state index in [0.29, 0.717) is 0 Å². The maximum absolute atomic E-state index is 8.25. The van der Waals surface area contributed by atoms with Crippen molar-refractivity contribution >= 4 is 6.47 Å². The Morgan fingerprint density at radius 1 is 1.75 bits per heavy atom. The van der Waals surface area contributed by atoms with Gasteiger partial charge in [-0.3, -0.25) is 0 Å². The second kappa shape index (κ2) is 12.1. The van der Waals surface area contributed by atoms with Gasteiger partial charge >= 0.3 is 17.1 Å². The minimum absolute atomic E-state index is 0. The molecule has 4 heavy (non-hydrogen) atoms. The molecule has 0 rings (SSSR count). The van der Waals surface area contributed by atoms with Crippen LogP contribution in [0, 0.1) is 0 Å². The number of carbonyl (C=O) groups is 1. The number of hydrogen-bond acceptors (Lipinski definition) is 2. The Morgan fingerprint density at radius 3 is 1.75 bits per heavy atom. The molecule has 0 spiro atoms. The first kappa shape index (κ1) is 9.01. The smallest absolute Gasteiger partial charge is 0.554 e. The average molecular weight is 109 g/mol. The van der Waals surface area contributed by atoms with Crippen LogP contribution in [-0.2, 0) is 21.9 Å². The predicted molar refractivity (Wildman–Crippen MR) is 6.06 cm³/mol. The molecule has 2 nitrogen and oxygen atoms in total. The molecule has 0 amide bonds. The van der Waals surface area contributed by atoms with Crippen LogP contribution in [0.25, 0.3) is 0 Å². The van der Waals surface area contributed by atoms with Gasteiger partial charge in [-0.05, 0) is 0 Å². The third-order valence-corrected chi connectivity index (χ3v) is 0. The number of carbonyl (C=O) groups excluding carboxylic acids is 1. The molecule has 0 aliphatic heterocycles. The van der Waals surface area contributed by atoms with Crippen molar-refractivity contribution in [2.24, 2.45) is 0 Å². The van der Waals surface area contributed by atoms with Gasteiger partial charge in [0, 0.05) is 6.47 Å². The molecule has 3 heteroatoms. The zero-order chi connectivity index (χ0) is 2.71. The van der Waals surface area contributed by atoms with Crippen molar-refractivity contribution < 1.29 is 27.0 Å². The SMILES string of the molecule is O=C[O-].[Cu+]. The van der Waals surface area contributed by atoms with Gasteiger partial charge in [0.1, 0.15) is 0 Å². The molecule has 0 unspecified atom stereocenters. The van der Waals surface area contributed by atoms with Crippen LogP contribution in [0.1, 0.15) is 0 Å². The van der Waals surface area contributed by atoms with E-state index in [4.69, 9.17) is 9.90 Å². The number of rotatable bonds is 0. The number of carboxylic acid groups (broad SMARTS) is 1. The minimum atomic E-state index is -0.500. The Morgan fingerprint density at radius 2 is 1.75 bits per heavy atom. The first-order valence-electron chi connectivity index (χ1n) is 0.471. The minimum Gasteiger partial charge on any atom is -0.554 e. The van der Waals surface area contributed by atoms with E-state index in [9.17, 15) is 0 Å². The molecule has 0 aliphatic carbocycles. The Balaban J connectivity index is 0. The summed E-state index contributed by atoms with van der Waals surface area (Å²) in [6.45, 7) is -0.500. The van der Waals surface area contributed by atoms with Gasteiger partial charge in [0.05, 0.1) is 0 Å². The van der Waals surface area contributed by atoms with Gasteiger partial charge in [0.15, 0.2) is 0 Å². The zero-order valence-electron chi connectivity index (χ0n) is 1.70. The normalized spacial score (nSPS) is 3.00. The van der Waals surface area contributed by atoms with Crippen LogP contribution >= 0.6 is 0 Å². The van der Waals surface area contributed by atoms with Crippen LogP contribution in [0.2, 0.25) is 0 Å². The van der Waals surface area contributed by atoms with E-state index in [0.717, 1.165) is 0 Å². The van der Waals surface area contributed by atoms with Crippen molar-refractivity contribution in [1.29, 1.82) is 0 Å². The van der Waals surface area contributed by atoms with Crippen molar-refractivity contribution in [1.82, 2.24) is 0 Å². The maximum atomic E-state index is 8.25. The van der Waals surface area contributed by atoms with Crippen LogP contribution in [0.3, 0.4) is 0 Å². The van der Waals surface area contributed by atoms with E-state index in [1.54, 1.807) is 0 Å². The second-order valence-corrected chi connectivity index (χ2v) is 0.0962. The summed E-state index contributed by atoms with van der Waals surface area (Å²) in [5, 5.41) is 8.25. The first-order valence-corrected chi connectivity index (χ1v) is 0.471. The van der Waals surface area contributed by atoms with Crippen molar-refractivity contribution in [2.45, 2.75) is 0 Å². The summed E-state index contributed by atoms with van der Waals surface area (Å²) >= 11 is 0. The van der Waals surface area contributed by atoms with Gasteiger partial charge in [-0.1, -0.05) is 0 Å². The summed E-state index contributed by atoms with van der Waals surface area (Å²) in [5.41, 5.74) is 0. The van der Waals surface area contributed by atoms with Gasteiger partial charge in [0.25, 0.3) is 0 Å². The van der Waals surface area contributed by atoms with Crippen LogP contribution < -0.4 is 5.11 Å². The van der Waals surface area contributed by atoms with E-state index in [2.05, 4.69) is 0 Å². The quantitative estimate of drug-likeness (QED) is 0.276. The molecular formula is CHCuO2. The second-order valence-electron chi connectivity index (χ2n) is 0.0962. The molecule has 0 fully saturated rings. The Kier molecular flexibility index (Phi) is 27.2. The molecule has 0 N–H and O–H groups in total. The molecule has 0 saturated carbocycles. The van der Waals surface area contributed by atoms with Gasteiger partial charge in [0.2, 0.25) is 0 Å². The van der Waals surface area contributed by atoms with E-state index in [-0.39, 0.29) is 17.1 Å². The molecule has 0 saturated heterocycles. The van der Waals surface area contributed by atoms with Crippen molar-refractivity contribution in [3.8, 4) is 0 Å². The number of hydrogen-bond donors (Lipinski definition) is 0. The van der Waals surface area contributed by atoms with Crippen molar-refractivity contribution in [3.05, 3.63) is 0 Å². The summed E-state index contributed by atoms with van der Waals surface area (Å²) in [5.74, 6) is 0. The Labute approximate surface area is 34.3 Å². The largest absolute Gasteiger partial charge is 1.00 e. The monoisotopic (exact) mass is 108 g/mol.